The van der Waals surface area contributed by atoms with Crippen molar-refractivity contribution in [1.82, 2.24) is 0 Å². The van der Waals surface area contributed by atoms with Crippen molar-refractivity contribution in [3.63, 3.8) is 0 Å². The molecule has 3 N–H and O–H groups in total. The van der Waals surface area contributed by atoms with Crippen LogP contribution in [-0.2, 0) is 11.2 Å². The minimum Gasteiger partial charge on any atom is -0.480 e. The van der Waals surface area contributed by atoms with Gasteiger partial charge in [-0.15, -0.1) is 11.6 Å². The smallest absolute Gasteiger partial charge is 0.320 e. The zero-order chi connectivity index (χ0) is 12.4. The summed E-state index contributed by atoms with van der Waals surface area (Å²) in [5, 5.41) is 8.52. The molecule has 0 amide bonds. The van der Waals surface area contributed by atoms with Crippen molar-refractivity contribution in [2.45, 2.75) is 25.8 Å². The first-order valence-electron chi connectivity index (χ1n) is 5.20. The Bertz CT molecular complexity index is 288. The number of carboxylic acid groups (broad SMARTS) is 1. The Morgan fingerprint density at radius 2 is 1.94 bits per heavy atom. The number of aliphatic carboxylic acids is 1. The molecule has 1 aromatic carbocycles. The molecule has 0 aromatic heterocycles. The minimum atomic E-state index is -0.959. The predicted octanol–water partition coefficient (Wildman–Crippen LogP) is 2.28. The van der Waals surface area contributed by atoms with Crippen molar-refractivity contribution in [3.05, 3.63) is 35.9 Å². The van der Waals surface area contributed by atoms with Crippen molar-refractivity contribution in [2.24, 2.45) is 5.73 Å². The van der Waals surface area contributed by atoms with E-state index in [0.717, 1.165) is 17.9 Å². The van der Waals surface area contributed by atoms with Crippen LogP contribution in [0.1, 0.15) is 18.9 Å². The number of halogens is 1. The third-order valence-electron chi connectivity index (χ3n) is 1.80. The average Bonchev–Trinajstić information content (AvgIpc) is 2.30. The molecule has 0 saturated heterocycles. The standard InChI is InChI=1S/C9H11NO2.C3H7Cl/c10-8(9(11)12)6-7-4-2-1-3-5-7;1-2-3-4/h1-5,8H,6,10H2,(H,11,12);2-3H2,1H3. The van der Waals surface area contributed by atoms with Crippen molar-refractivity contribution >= 4 is 17.6 Å². The topological polar surface area (TPSA) is 63.3 Å². The highest BCUT2D eigenvalue weighted by molar-refractivity contribution is 6.17. The molecule has 0 aliphatic rings. The SMILES string of the molecule is CCCCl.NC(Cc1ccccc1)C(=O)O. The summed E-state index contributed by atoms with van der Waals surface area (Å²) in [6.45, 7) is 2.05. The van der Waals surface area contributed by atoms with E-state index in [4.69, 9.17) is 22.4 Å². The summed E-state index contributed by atoms with van der Waals surface area (Å²) in [6, 6.07) is 8.54. The Hall–Kier alpha value is -1.06. The molecule has 90 valence electrons. The van der Waals surface area contributed by atoms with Crippen molar-refractivity contribution < 1.29 is 9.90 Å². The molecule has 1 aromatic rings. The summed E-state index contributed by atoms with van der Waals surface area (Å²) >= 11 is 5.19. The van der Waals surface area contributed by atoms with E-state index in [0.29, 0.717) is 6.42 Å². The molecule has 0 aliphatic carbocycles. The van der Waals surface area contributed by atoms with Gasteiger partial charge in [-0.2, -0.15) is 0 Å². The molecular formula is C12H18ClNO2. The Morgan fingerprint density at radius 3 is 2.31 bits per heavy atom. The van der Waals surface area contributed by atoms with Gasteiger partial charge in [0.05, 0.1) is 0 Å². The van der Waals surface area contributed by atoms with E-state index < -0.39 is 12.0 Å². The molecule has 0 spiro atoms. The van der Waals surface area contributed by atoms with Crippen LogP contribution in [0.15, 0.2) is 30.3 Å². The summed E-state index contributed by atoms with van der Waals surface area (Å²) in [6.07, 6.45) is 1.47. The number of rotatable bonds is 4. The zero-order valence-electron chi connectivity index (χ0n) is 9.40. The number of hydrogen-bond donors (Lipinski definition) is 2. The summed E-state index contributed by atoms with van der Waals surface area (Å²) in [4.78, 5) is 10.4. The Kier molecular flexibility index (Phi) is 8.58. The van der Waals surface area contributed by atoms with Crippen LogP contribution < -0.4 is 5.73 Å². The Balaban J connectivity index is 0.000000487. The van der Waals surface area contributed by atoms with Crippen molar-refractivity contribution in [2.75, 3.05) is 5.88 Å². The van der Waals surface area contributed by atoms with E-state index in [1.165, 1.54) is 0 Å². The summed E-state index contributed by atoms with van der Waals surface area (Å²) < 4.78 is 0. The Labute approximate surface area is 101 Å². The number of carboxylic acids is 1. The molecular weight excluding hydrogens is 226 g/mol. The quantitative estimate of drug-likeness (QED) is 0.798. The van der Waals surface area contributed by atoms with E-state index >= 15 is 0 Å². The Morgan fingerprint density at radius 1 is 1.44 bits per heavy atom. The molecule has 0 fully saturated rings. The fourth-order valence-corrected chi connectivity index (χ4v) is 0.955. The monoisotopic (exact) mass is 243 g/mol. The van der Waals surface area contributed by atoms with Gasteiger partial charge in [0.2, 0.25) is 0 Å². The van der Waals surface area contributed by atoms with Gasteiger partial charge < -0.3 is 10.8 Å². The maximum Gasteiger partial charge on any atom is 0.320 e. The van der Waals surface area contributed by atoms with Crippen LogP contribution in [0.4, 0.5) is 0 Å². The van der Waals surface area contributed by atoms with E-state index in [2.05, 4.69) is 0 Å². The normalized spacial score (nSPS) is 11.2. The number of alkyl halides is 1. The van der Waals surface area contributed by atoms with Crippen molar-refractivity contribution in [1.29, 1.82) is 0 Å². The molecule has 0 bridgehead atoms. The van der Waals surface area contributed by atoms with Gasteiger partial charge in [-0.05, 0) is 18.4 Å². The molecule has 0 heterocycles. The minimum absolute atomic E-state index is 0.385. The second-order valence-electron chi connectivity index (χ2n) is 3.32. The lowest BCUT2D eigenvalue weighted by atomic mass is 10.1. The lowest BCUT2D eigenvalue weighted by molar-refractivity contribution is -0.138. The number of nitrogens with two attached hydrogens (primary N) is 1. The van der Waals surface area contributed by atoms with Gasteiger partial charge in [0.15, 0.2) is 0 Å². The number of carbonyl (C=O) groups is 1. The van der Waals surface area contributed by atoms with Gasteiger partial charge in [-0.3, -0.25) is 4.79 Å². The third-order valence-corrected chi connectivity index (χ3v) is 2.18. The molecule has 0 saturated carbocycles. The number of hydrogen-bond acceptors (Lipinski definition) is 2. The van der Waals surface area contributed by atoms with Crippen LogP contribution in [0.25, 0.3) is 0 Å². The number of benzene rings is 1. The second-order valence-corrected chi connectivity index (χ2v) is 3.70. The van der Waals surface area contributed by atoms with Crippen LogP contribution >= 0.6 is 11.6 Å². The molecule has 1 unspecified atom stereocenters. The zero-order valence-corrected chi connectivity index (χ0v) is 10.2. The largest absolute Gasteiger partial charge is 0.480 e. The molecule has 1 rings (SSSR count). The van der Waals surface area contributed by atoms with Gasteiger partial charge in [0, 0.05) is 5.88 Å². The summed E-state index contributed by atoms with van der Waals surface area (Å²) in [5.41, 5.74) is 6.30. The van der Waals surface area contributed by atoms with Gasteiger partial charge in [0.25, 0.3) is 0 Å². The molecule has 3 nitrogen and oxygen atoms in total. The lowest BCUT2D eigenvalue weighted by Gasteiger charge is -2.04. The summed E-state index contributed by atoms with van der Waals surface area (Å²) in [7, 11) is 0. The molecule has 0 radical (unpaired) electrons. The maximum absolute atomic E-state index is 10.4. The van der Waals surface area contributed by atoms with Crippen molar-refractivity contribution in [3.8, 4) is 0 Å². The maximum atomic E-state index is 10.4. The third kappa shape index (κ3) is 7.26. The first-order valence-corrected chi connectivity index (χ1v) is 5.73. The van der Waals surface area contributed by atoms with Crippen LogP contribution in [-0.4, -0.2) is 23.0 Å². The first-order chi connectivity index (χ1) is 7.61. The highest BCUT2D eigenvalue weighted by atomic mass is 35.5. The fraction of sp³-hybridized carbons (Fsp3) is 0.417. The summed E-state index contributed by atoms with van der Waals surface area (Å²) in [5.74, 6) is -0.168. The van der Waals surface area contributed by atoms with Crippen LogP contribution in [0.3, 0.4) is 0 Å². The van der Waals surface area contributed by atoms with Crippen LogP contribution in [0.5, 0.6) is 0 Å². The van der Waals surface area contributed by atoms with Crippen LogP contribution in [0, 0.1) is 0 Å². The van der Waals surface area contributed by atoms with Gasteiger partial charge in [-0.25, -0.2) is 0 Å². The van der Waals surface area contributed by atoms with E-state index in [1.807, 2.05) is 37.3 Å². The van der Waals surface area contributed by atoms with E-state index in [9.17, 15) is 4.79 Å². The highest BCUT2D eigenvalue weighted by Crippen LogP contribution is 2.01. The van der Waals surface area contributed by atoms with E-state index in [1.54, 1.807) is 0 Å². The van der Waals surface area contributed by atoms with Gasteiger partial charge >= 0.3 is 5.97 Å². The van der Waals surface area contributed by atoms with E-state index in [-0.39, 0.29) is 0 Å². The predicted molar refractivity (Wildman–Crippen MR) is 66.8 cm³/mol. The second kappa shape index (κ2) is 9.19. The molecule has 4 heteroatoms. The van der Waals surface area contributed by atoms with Gasteiger partial charge in [-0.1, -0.05) is 37.3 Å². The fourth-order valence-electron chi connectivity index (χ4n) is 0.955. The molecule has 0 aliphatic heterocycles. The molecule has 16 heavy (non-hydrogen) atoms. The van der Waals surface area contributed by atoms with Crippen LogP contribution in [0.2, 0.25) is 0 Å². The lowest BCUT2D eigenvalue weighted by Crippen LogP contribution is -2.32. The highest BCUT2D eigenvalue weighted by Gasteiger charge is 2.10. The van der Waals surface area contributed by atoms with Gasteiger partial charge in [0.1, 0.15) is 6.04 Å². The average molecular weight is 244 g/mol. The molecule has 1 atom stereocenters. The first kappa shape index (κ1) is 14.9.